The average Bonchev–Trinajstić information content (AvgIpc) is 1.96. The predicted molar refractivity (Wildman–Crippen MR) is 49.3 cm³/mol. The van der Waals surface area contributed by atoms with E-state index in [1.165, 1.54) is 0 Å². The van der Waals surface area contributed by atoms with Gasteiger partial charge in [0.2, 0.25) is 0 Å². The molecule has 0 saturated carbocycles. The van der Waals surface area contributed by atoms with Crippen LogP contribution in [0.1, 0.15) is 26.7 Å². The van der Waals surface area contributed by atoms with Gasteiger partial charge in [-0.1, -0.05) is 13.8 Å². The van der Waals surface area contributed by atoms with Crippen molar-refractivity contribution < 1.29 is 5.11 Å². The maximum Gasteiger partial charge on any atom is 0.0594 e. The molecule has 0 aromatic carbocycles. The van der Waals surface area contributed by atoms with Crippen LogP contribution in [0.15, 0.2) is 0 Å². The number of hydrogen-bond acceptors (Lipinski definition) is 3. The molecule has 2 unspecified atom stereocenters. The Hall–Kier alpha value is -0.120. The number of nitrogens with zero attached hydrogens (tertiary/aromatic N) is 1. The first-order valence-electron chi connectivity index (χ1n) is 4.77. The van der Waals surface area contributed by atoms with E-state index in [1.54, 1.807) is 0 Å². The molecule has 72 valence electrons. The van der Waals surface area contributed by atoms with Crippen LogP contribution < -0.4 is 5.84 Å². The molecule has 1 fully saturated rings. The maximum absolute atomic E-state index is 9.65. The highest BCUT2D eigenvalue weighted by molar-refractivity contribution is 4.78. The first-order valence-corrected chi connectivity index (χ1v) is 4.77. The minimum absolute atomic E-state index is 0.132. The molecule has 12 heavy (non-hydrogen) atoms. The lowest BCUT2D eigenvalue weighted by Gasteiger charge is -2.34. The Labute approximate surface area is 74.5 Å². The van der Waals surface area contributed by atoms with E-state index in [-0.39, 0.29) is 6.10 Å². The zero-order valence-corrected chi connectivity index (χ0v) is 8.03. The SMILES string of the molecule is CC(C)CC1CN(N)CCC1O. The molecule has 3 nitrogen and oxygen atoms in total. The normalized spacial score (nSPS) is 32.8. The van der Waals surface area contributed by atoms with Crippen molar-refractivity contribution in [1.82, 2.24) is 5.01 Å². The van der Waals surface area contributed by atoms with Crippen molar-refractivity contribution in [3.8, 4) is 0 Å². The summed E-state index contributed by atoms with van der Waals surface area (Å²) in [6, 6.07) is 0. The third-order valence-electron chi connectivity index (χ3n) is 2.50. The summed E-state index contributed by atoms with van der Waals surface area (Å²) < 4.78 is 0. The summed E-state index contributed by atoms with van der Waals surface area (Å²) in [6.07, 6.45) is 1.77. The van der Waals surface area contributed by atoms with Gasteiger partial charge in [-0.2, -0.15) is 0 Å². The quantitative estimate of drug-likeness (QED) is 0.599. The summed E-state index contributed by atoms with van der Waals surface area (Å²) in [6.45, 7) is 6.04. The van der Waals surface area contributed by atoms with Gasteiger partial charge in [0.25, 0.3) is 0 Å². The van der Waals surface area contributed by atoms with Crippen LogP contribution in [0.4, 0.5) is 0 Å². The third kappa shape index (κ3) is 2.73. The molecule has 2 atom stereocenters. The van der Waals surface area contributed by atoms with Crippen molar-refractivity contribution in [2.24, 2.45) is 17.7 Å². The van der Waals surface area contributed by atoms with Gasteiger partial charge in [0, 0.05) is 13.1 Å². The van der Waals surface area contributed by atoms with E-state index in [4.69, 9.17) is 5.84 Å². The topological polar surface area (TPSA) is 49.5 Å². The lowest BCUT2D eigenvalue weighted by molar-refractivity contribution is 0.0174. The van der Waals surface area contributed by atoms with Crippen molar-refractivity contribution in [2.45, 2.75) is 32.8 Å². The highest BCUT2D eigenvalue weighted by Crippen LogP contribution is 2.21. The molecule has 0 amide bonds. The van der Waals surface area contributed by atoms with Gasteiger partial charge in [-0.15, -0.1) is 0 Å². The smallest absolute Gasteiger partial charge is 0.0594 e. The van der Waals surface area contributed by atoms with Crippen LogP contribution in [0, 0.1) is 11.8 Å². The molecule has 1 heterocycles. The van der Waals surface area contributed by atoms with E-state index in [9.17, 15) is 5.11 Å². The zero-order chi connectivity index (χ0) is 9.14. The van der Waals surface area contributed by atoms with Gasteiger partial charge >= 0.3 is 0 Å². The van der Waals surface area contributed by atoms with E-state index >= 15 is 0 Å². The van der Waals surface area contributed by atoms with Crippen molar-refractivity contribution in [3.63, 3.8) is 0 Å². The average molecular weight is 172 g/mol. The standard InChI is InChI=1S/C9H20N2O/c1-7(2)5-8-6-11(10)4-3-9(8)12/h7-9,12H,3-6,10H2,1-2H3. The van der Waals surface area contributed by atoms with Crippen molar-refractivity contribution in [2.75, 3.05) is 13.1 Å². The Bertz CT molecular complexity index is 136. The summed E-state index contributed by atoms with van der Waals surface area (Å²) >= 11 is 0. The summed E-state index contributed by atoms with van der Waals surface area (Å²) in [7, 11) is 0. The lowest BCUT2D eigenvalue weighted by atomic mass is 9.88. The zero-order valence-electron chi connectivity index (χ0n) is 8.03. The number of rotatable bonds is 2. The van der Waals surface area contributed by atoms with Gasteiger partial charge in [0.05, 0.1) is 6.10 Å². The molecular weight excluding hydrogens is 152 g/mol. The van der Waals surface area contributed by atoms with E-state index in [2.05, 4.69) is 13.8 Å². The molecule has 3 N–H and O–H groups in total. The molecule has 0 aromatic rings. The van der Waals surface area contributed by atoms with Crippen LogP contribution in [-0.2, 0) is 0 Å². The van der Waals surface area contributed by atoms with Crippen molar-refractivity contribution in [1.29, 1.82) is 0 Å². The van der Waals surface area contributed by atoms with E-state index in [1.807, 2.05) is 5.01 Å². The van der Waals surface area contributed by atoms with Crippen LogP contribution in [-0.4, -0.2) is 29.3 Å². The third-order valence-corrected chi connectivity index (χ3v) is 2.50. The van der Waals surface area contributed by atoms with Crippen LogP contribution in [0.2, 0.25) is 0 Å². The van der Waals surface area contributed by atoms with Gasteiger partial charge in [-0.05, 0) is 24.7 Å². The van der Waals surface area contributed by atoms with Crippen LogP contribution >= 0.6 is 0 Å². The fourth-order valence-corrected chi connectivity index (χ4v) is 1.89. The number of hydrazine groups is 1. The predicted octanol–water partition coefficient (Wildman–Crippen LogP) is 0.589. The number of aliphatic hydroxyl groups is 1. The number of nitrogens with two attached hydrogens (primary N) is 1. The second-order valence-corrected chi connectivity index (χ2v) is 4.24. The fraction of sp³-hybridized carbons (Fsp3) is 1.00. The number of aliphatic hydroxyl groups excluding tert-OH is 1. The molecule has 0 aliphatic carbocycles. The summed E-state index contributed by atoms with van der Waals surface area (Å²) in [4.78, 5) is 0. The molecule has 1 rings (SSSR count). The van der Waals surface area contributed by atoms with E-state index in [0.29, 0.717) is 11.8 Å². The van der Waals surface area contributed by atoms with E-state index < -0.39 is 0 Å². The van der Waals surface area contributed by atoms with E-state index in [0.717, 1.165) is 25.9 Å². The highest BCUT2D eigenvalue weighted by Gasteiger charge is 2.26. The van der Waals surface area contributed by atoms with Gasteiger partial charge < -0.3 is 5.11 Å². The van der Waals surface area contributed by atoms with Gasteiger partial charge in [-0.3, -0.25) is 5.84 Å². The monoisotopic (exact) mass is 172 g/mol. The summed E-state index contributed by atoms with van der Waals surface area (Å²) in [5, 5.41) is 11.5. The molecule has 3 heteroatoms. The summed E-state index contributed by atoms with van der Waals surface area (Å²) in [5.41, 5.74) is 0. The second kappa shape index (κ2) is 4.21. The first kappa shape index (κ1) is 9.96. The molecule has 1 aliphatic heterocycles. The van der Waals surface area contributed by atoms with Crippen molar-refractivity contribution >= 4 is 0 Å². The Morgan fingerprint density at radius 1 is 1.58 bits per heavy atom. The fourth-order valence-electron chi connectivity index (χ4n) is 1.89. The number of hydrogen-bond donors (Lipinski definition) is 2. The molecule has 0 aromatic heterocycles. The molecule has 0 radical (unpaired) electrons. The first-order chi connectivity index (χ1) is 5.59. The Kier molecular flexibility index (Phi) is 3.50. The Morgan fingerprint density at radius 3 is 2.83 bits per heavy atom. The highest BCUT2D eigenvalue weighted by atomic mass is 16.3. The maximum atomic E-state index is 9.65. The molecular formula is C9H20N2O. The molecule has 0 bridgehead atoms. The van der Waals surface area contributed by atoms with Crippen LogP contribution in [0.25, 0.3) is 0 Å². The largest absolute Gasteiger partial charge is 0.393 e. The van der Waals surface area contributed by atoms with Crippen LogP contribution in [0.3, 0.4) is 0 Å². The van der Waals surface area contributed by atoms with Gasteiger partial charge in [0.15, 0.2) is 0 Å². The van der Waals surface area contributed by atoms with Crippen LogP contribution in [0.5, 0.6) is 0 Å². The molecule has 0 spiro atoms. The molecule has 1 aliphatic rings. The number of piperidine rings is 1. The Morgan fingerprint density at radius 2 is 2.25 bits per heavy atom. The van der Waals surface area contributed by atoms with Crippen molar-refractivity contribution in [3.05, 3.63) is 0 Å². The summed E-state index contributed by atoms with van der Waals surface area (Å²) in [5.74, 6) is 6.71. The van der Waals surface area contributed by atoms with Gasteiger partial charge in [-0.25, -0.2) is 5.01 Å². The minimum Gasteiger partial charge on any atom is -0.393 e. The Balaban J connectivity index is 2.38. The molecule has 1 saturated heterocycles. The van der Waals surface area contributed by atoms with Gasteiger partial charge in [0.1, 0.15) is 0 Å². The second-order valence-electron chi connectivity index (χ2n) is 4.24. The minimum atomic E-state index is -0.132. The lowest BCUT2D eigenvalue weighted by Crippen LogP contribution is -2.46.